The third-order valence-corrected chi connectivity index (χ3v) is 2.11. The molecule has 0 fully saturated rings. The first kappa shape index (κ1) is 11.3. The van der Waals surface area contributed by atoms with E-state index in [0.29, 0.717) is 0 Å². The number of halogens is 2. The predicted molar refractivity (Wildman–Crippen MR) is 60.2 cm³/mol. The van der Waals surface area contributed by atoms with Crippen molar-refractivity contribution >= 4 is 35.6 Å². The van der Waals surface area contributed by atoms with Crippen LogP contribution in [0.4, 0.5) is 0 Å². The molecule has 0 spiro atoms. The highest BCUT2D eigenvalue weighted by molar-refractivity contribution is 6.57. The van der Waals surface area contributed by atoms with E-state index in [0.717, 1.165) is 11.1 Å². The molecule has 14 heavy (non-hydrogen) atoms. The van der Waals surface area contributed by atoms with E-state index in [9.17, 15) is 4.79 Å². The van der Waals surface area contributed by atoms with Crippen molar-refractivity contribution in [1.82, 2.24) is 0 Å². The van der Waals surface area contributed by atoms with Crippen LogP contribution in [0.3, 0.4) is 0 Å². The lowest BCUT2D eigenvalue weighted by Crippen LogP contribution is -1.93. The molecule has 1 aromatic rings. The normalized spacial score (nSPS) is 11.9. The van der Waals surface area contributed by atoms with Crippen LogP contribution in [-0.2, 0) is 4.79 Å². The van der Waals surface area contributed by atoms with Crippen molar-refractivity contribution in [2.75, 3.05) is 0 Å². The Kier molecular flexibility index (Phi) is 4.18. The van der Waals surface area contributed by atoms with E-state index >= 15 is 0 Å². The quantitative estimate of drug-likeness (QED) is 0.771. The Labute approximate surface area is 93.3 Å². The van der Waals surface area contributed by atoms with Gasteiger partial charge in [0.2, 0.25) is 6.29 Å². The fraction of sp³-hybridized carbons (Fsp3) is 0.182. The zero-order valence-corrected chi connectivity index (χ0v) is 9.14. The van der Waals surface area contributed by atoms with Crippen LogP contribution in [0.25, 0.3) is 6.08 Å². The lowest BCUT2D eigenvalue weighted by Gasteiger charge is -2.02. The van der Waals surface area contributed by atoms with E-state index < -0.39 is 0 Å². The Morgan fingerprint density at radius 2 is 1.93 bits per heavy atom. The van der Waals surface area contributed by atoms with Gasteiger partial charge in [-0.15, -0.1) is 0 Å². The van der Waals surface area contributed by atoms with Gasteiger partial charge in [0.25, 0.3) is 0 Å². The fourth-order valence-electron chi connectivity index (χ4n) is 1.07. The minimum absolute atomic E-state index is 0.195. The maximum absolute atomic E-state index is 10.4. The van der Waals surface area contributed by atoms with Gasteiger partial charge < -0.3 is 0 Å². The Balaban J connectivity index is 2.89. The monoisotopic (exact) mass is 227 g/mol. The van der Waals surface area contributed by atoms with Crippen molar-refractivity contribution in [3.63, 3.8) is 0 Å². The summed E-state index contributed by atoms with van der Waals surface area (Å²) >= 11 is 11.0. The maximum atomic E-state index is 10.4. The van der Waals surface area contributed by atoms with Crippen molar-refractivity contribution in [3.8, 4) is 0 Å². The van der Waals surface area contributed by atoms with Gasteiger partial charge in [-0.25, -0.2) is 0 Å². The van der Waals surface area contributed by atoms with Crippen LogP contribution in [0.15, 0.2) is 28.8 Å². The molecule has 0 aliphatic carbocycles. The van der Waals surface area contributed by atoms with Gasteiger partial charge in [-0.05, 0) is 17.2 Å². The highest BCUT2D eigenvalue weighted by atomic mass is 35.5. The highest BCUT2D eigenvalue weighted by Gasteiger charge is 2.03. The van der Waals surface area contributed by atoms with Gasteiger partial charge >= 0.3 is 0 Å². The summed E-state index contributed by atoms with van der Waals surface area (Å²) in [4.78, 5) is 10.4. The first-order chi connectivity index (χ1) is 6.63. The van der Waals surface area contributed by atoms with Crippen LogP contribution in [-0.4, -0.2) is 6.29 Å². The minimum atomic E-state index is -0.195. The molecule has 0 aromatic heterocycles. The summed E-state index contributed by atoms with van der Waals surface area (Å²) in [7, 11) is 0. The van der Waals surface area contributed by atoms with Crippen molar-refractivity contribution in [2.45, 2.75) is 12.8 Å². The second kappa shape index (κ2) is 5.18. The summed E-state index contributed by atoms with van der Waals surface area (Å²) in [5, 5.41) is 0. The molecule has 0 saturated carbocycles. The lowest BCUT2D eigenvalue weighted by atomic mass is 10.0. The second-order valence-electron chi connectivity index (χ2n) is 2.94. The molecule has 1 unspecified atom stereocenters. The van der Waals surface area contributed by atoms with Gasteiger partial charge in [0.15, 0.2) is 0 Å². The summed E-state index contributed by atoms with van der Waals surface area (Å²) in [5.41, 5.74) is 1.84. The number of benzene rings is 1. The Hall–Kier alpha value is -0.790. The summed E-state index contributed by atoms with van der Waals surface area (Å²) in [6, 6.07) is 7.43. The molecule has 0 saturated heterocycles. The molecule has 1 rings (SSSR count). The van der Waals surface area contributed by atoms with Gasteiger partial charge in [0, 0.05) is 5.92 Å². The van der Waals surface area contributed by atoms with Crippen molar-refractivity contribution < 1.29 is 4.79 Å². The third-order valence-electron chi connectivity index (χ3n) is 1.89. The second-order valence-corrected chi connectivity index (χ2v) is 3.95. The van der Waals surface area contributed by atoms with E-state index in [-0.39, 0.29) is 10.4 Å². The average Bonchev–Trinajstić information content (AvgIpc) is 2.17. The van der Waals surface area contributed by atoms with Crippen LogP contribution in [0.2, 0.25) is 0 Å². The number of hydrogen-bond donors (Lipinski definition) is 0. The van der Waals surface area contributed by atoms with Gasteiger partial charge in [-0.1, -0.05) is 54.4 Å². The average molecular weight is 228 g/mol. The smallest absolute Gasteiger partial charge is 0.206 e. The molecule has 0 heterocycles. The SMILES string of the molecule is CC([C]=O)c1ccc(C=C(Cl)Cl)cc1. The number of rotatable bonds is 3. The van der Waals surface area contributed by atoms with Gasteiger partial charge in [-0.3, -0.25) is 4.79 Å². The van der Waals surface area contributed by atoms with Crippen LogP contribution in [0.1, 0.15) is 24.0 Å². The van der Waals surface area contributed by atoms with E-state index in [1.165, 1.54) is 0 Å². The molecule has 1 atom stereocenters. The molecule has 0 N–H and O–H groups in total. The van der Waals surface area contributed by atoms with Crippen LogP contribution < -0.4 is 0 Å². The molecule has 3 heteroatoms. The van der Waals surface area contributed by atoms with Crippen LogP contribution in [0.5, 0.6) is 0 Å². The third kappa shape index (κ3) is 3.17. The minimum Gasteiger partial charge on any atom is -0.290 e. The first-order valence-electron chi connectivity index (χ1n) is 4.14. The Morgan fingerprint density at radius 1 is 1.36 bits per heavy atom. The van der Waals surface area contributed by atoms with Gasteiger partial charge in [0.05, 0.1) is 0 Å². The van der Waals surface area contributed by atoms with E-state index in [4.69, 9.17) is 23.2 Å². The molecule has 1 aromatic carbocycles. The zero-order valence-electron chi connectivity index (χ0n) is 7.63. The molecular weight excluding hydrogens is 219 g/mol. The van der Waals surface area contributed by atoms with Gasteiger partial charge in [0.1, 0.15) is 4.49 Å². The summed E-state index contributed by atoms with van der Waals surface area (Å²) in [5.74, 6) is -0.195. The molecule has 73 valence electrons. The number of hydrogen-bond acceptors (Lipinski definition) is 1. The van der Waals surface area contributed by atoms with E-state index in [1.54, 1.807) is 13.0 Å². The molecule has 0 bridgehead atoms. The summed E-state index contributed by atoms with van der Waals surface area (Å²) < 4.78 is 0.216. The topological polar surface area (TPSA) is 17.1 Å². The zero-order chi connectivity index (χ0) is 10.6. The van der Waals surface area contributed by atoms with Crippen molar-refractivity contribution in [2.24, 2.45) is 0 Å². The van der Waals surface area contributed by atoms with E-state index in [1.807, 2.05) is 30.6 Å². The molecular formula is C11H9Cl2O. The molecule has 0 amide bonds. The molecule has 1 nitrogen and oxygen atoms in total. The van der Waals surface area contributed by atoms with E-state index in [2.05, 4.69) is 0 Å². The molecule has 1 radical (unpaired) electrons. The maximum Gasteiger partial charge on any atom is 0.206 e. The van der Waals surface area contributed by atoms with Crippen molar-refractivity contribution in [3.05, 3.63) is 39.9 Å². The van der Waals surface area contributed by atoms with Gasteiger partial charge in [-0.2, -0.15) is 0 Å². The highest BCUT2D eigenvalue weighted by Crippen LogP contribution is 2.17. The fourth-order valence-corrected chi connectivity index (χ4v) is 1.33. The standard InChI is InChI=1S/C11H9Cl2O/c1-8(7-14)10-4-2-9(3-5-10)6-11(12)13/h2-6,8H,1H3. The molecule has 0 aliphatic heterocycles. The summed E-state index contributed by atoms with van der Waals surface area (Å²) in [6.07, 6.45) is 3.56. The van der Waals surface area contributed by atoms with Crippen LogP contribution >= 0.6 is 23.2 Å². The van der Waals surface area contributed by atoms with Crippen molar-refractivity contribution in [1.29, 1.82) is 0 Å². The Morgan fingerprint density at radius 3 is 2.36 bits per heavy atom. The largest absolute Gasteiger partial charge is 0.290 e. The predicted octanol–water partition coefficient (Wildman–Crippen LogP) is 3.68. The Bertz CT molecular complexity index is 337. The number of carbonyl (C=O) groups excluding carboxylic acids is 1. The molecule has 0 aliphatic rings. The van der Waals surface area contributed by atoms with Crippen LogP contribution in [0, 0.1) is 0 Å². The first-order valence-corrected chi connectivity index (χ1v) is 4.89. The summed E-state index contributed by atoms with van der Waals surface area (Å²) in [6.45, 7) is 1.80. The lowest BCUT2D eigenvalue weighted by molar-refractivity contribution is 0.546.